The number of halogens is 1. The van der Waals surface area contributed by atoms with Gasteiger partial charge in [0.25, 0.3) is 0 Å². The summed E-state index contributed by atoms with van der Waals surface area (Å²) < 4.78 is 11.7. The van der Waals surface area contributed by atoms with Gasteiger partial charge in [-0.2, -0.15) is 0 Å². The fourth-order valence-electron chi connectivity index (χ4n) is 1.10. The van der Waals surface area contributed by atoms with Crippen LogP contribution in [-0.2, 0) is 6.61 Å². The zero-order valence-corrected chi connectivity index (χ0v) is 9.60. The maximum Gasteiger partial charge on any atom is 0.133 e. The first-order valence-electron chi connectivity index (χ1n) is 4.24. The second-order valence-electron chi connectivity index (χ2n) is 2.85. The lowest BCUT2D eigenvalue weighted by Gasteiger charge is -2.05. The molecule has 0 unspecified atom stereocenters. The minimum Gasteiger partial charge on any atom is -0.488 e. The number of ether oxygens (including phenoxy) is 1. The number of hydrogen-bond acceptors (Lipinski definition) is 2. The first-order chi connectivity index (χ1) is 6.86. The van der Waals surface area contributed by atoms with Gasteiger partial charge in [0, 0.05) is 5.56 Å². The highest BCUT2D eigenvalue weighted by atomic mass is 127. The Bertz CT molecular complexity index is 395. The van der Waals surface area contributed by atoms with E-state index in [1.807, 2.05) is 30.3 Å². The lowest BCUT2D eigenvalue weighted by atomic mass is 10.3. The van der Waals surface area contributed by atoms with Gasteiger partial charge in [-0.3, -0.25) is 0 Å². The van der Waals surface area contributed by atoms with Gasteiger partial charge in [0.1, 0.15) is 12.4 Å². The van der Waals surface area contributed by atoms with Crippen molar-refractivity contribution in [3.05, 3.63) is 52.0 Å². The number of para-hydroxylation sites is 1. The molecule has 0 aliphatic rings. The van der Waals surface area contributed by atoms with Gasteiger partial charge >= 0.3 is 0 Å². The molecule has 2 rings (SSSR count). The highest BCUT2D eigenvalue weighted by Gasteiger charge is 2.00. The van der Waals surface area contributed by atoms with Crippen LogP contribution in [0.5, 0.6) is 5.75 Å². The Hall–Kier alpha value is -0.970. The van der Waals surface area contributed by atoms with Crippen LogP contribution in [0.4, 0.5) is 0 Å². The Morgan fingerprint density at radius 3 is 2.79 bits per heavy atom. The van der Waals surface area contributed by atoms with E-state index < -0.39 is 0 Å². The third-order valence-electron chi connectivity index (χ3n) is 1.81. The molecule has 0 aliphatic carbocycles. The van der Waals surface area contributed by atoms with E-state index in [0.29, 0.717) is 6.61 Å². The van der Waals surface area contributed by atoms with Gasteiger partial charge in [-0.1, -0.05) is 12.1 Å². The molecule has 3 heteroatoms. The number of rotatable bonds is 3. The van der Waals surface area contributed by atoms with E-state index in [0.717, 1.165) is 14.9 Å². The first kappa shape index (κ1) is 9.58. The van der Waals surface area contributed by atoms with Crippen LogP contribution in [0.2, 0.25) is 0 Å². The molecule has 0 fully saturated rings. The van der Waals surface area contributed by atoms with Gasteiger partial charge < -0.3 is 9.15 Å². The van der Waals surface area contributed by atoms with Gasteiger partial charge in [0.2, 0.25) is 0 Å². The predicted octanol–water partition coefficient (Wildman–Crippen LogP) is 3.46. The van der Waals surface area contributed by atoms with Crippen molar-refractivity contribution in [2.75, 3.05) is 0 Å². The van der Waals surface area contributed by atoms with Crippen LogP contribution >= 0.6 is 22.6 Å². The van der Waals surface area contributed by atoms with Crippen molar-refractivity contribution >= 4 is 22.6 Å². The van der Waals surface area contributed by atoms with Gasteiger partial charge in [0.15, 0.2) is 0 Å². The Balaban J connectivity index is 2.02. The molecular weight excluding hydrogens is 291 g/mol. The number of benzene rings is 1. The number of furan rings is 1. The highest BCUT2D eigenvalue weighted by Crippen LogP contribution is 2.20. The molecular formula is C11H9IO2. The van der Waals surface area contributed by atoms with Gasteiger partial charge in [-0.05, 0) is 40.8 Å². The summed E-state index contributed by atoms with van der Waals surface area (Å²) in [6.45, 7) is 0.552. The maximum absolute atomic E-state index is 5.61. The average molecular weight is 300 g/mol. The van der Waals surface area contributed by atoms with Crippen LogP contribution in [0.1, 0.15) is 5.56 Å². The lowest BCUT2D eigenvalue weighted by Crippen LogP contribution is -1.94. The Kier molecular flexibility index (Phi) is 3.08. The van der Waals surface area contributed by atoms with Crippen LogP contribution in [0.3, 0.4) is 0 Å². The maximum atomic E-state index is 5.61. The molecule has 2 aromatic rings. The van der Waals surface area contributed by atoms with Crippen LogP contribution in [0.25, 0.3) is 0 Å². The van der Waals surface area contributed by atoms with Gasteiger partial charge in [-0.25, -0.2) is 0 Å². The molecule has 0 amide bonds. The lowest BCUT2D eigenvalue weighted by molar-refractivity contribution is 0.302. The van der Waals surface area contributed by atoms with Crippen molar-refractivity contribution in [2.45, 2.75) is 6.61 Å². The zero-order valence-electron chi connectivity index (χ0n) is 7.44. The first-order valence-corrected chi connectivity index (χ1v) is 5.32. The second-order valence-corrected chi connectivity index (χ2v) is 4.01. The fourth-order valence-corrected chi connectivity index (χ4v) is 1.64. The van der Waals surface area contributed by atoms with Crippen LogP contribution in [-0.4, -0.2) is 0 Å². The summed E-state index contributed by atoms with van der Waals surface area (Å²) >= 11 is 2.25. The Morgan fingerprint density at radius 1 is 1.21 bits per heavy atom. The molecule has 0 atom stereocenters. The summed E-state index contributed by atoms with van der Waals surface area (Å²) in [5.41, 5.74) is 1.05. The molecule has 0 saturated heterocycles. The van der Waals surface area contributed by atoms with E-state index in [4.69, 9.17) is 9.15 Å². The average Bonchev–Trinajstić information content (AvgIpc) is 2.69. The molecule has 1 heterocycles. The van der Waals surface area contributed by atoms with Gasteiger partial charge in [-0.15, -0.1) is 0 Å². The molecule has 14 heavy (non-hydrogen) atoms. The van der Waals surface area contributed by atoms with Crippen molar-refractivity contribution in [3.8, 4) is 5.75 Å². The molecule has 0 spiro atoms. The molecule has 0 radical (unpaired) electrons. The van der Waals surface area contributed by atoms with Crippen molar-refractivity contribution in [1.29, 1.82) is 0 Å². The van der Waals surface area contributed by atoms with Crippen LogP contribution in [0.15, 0.2) is 47.3 Å². The molecule has 0 bridgehead atoms. The summed E-state index contributed by atoms with van der Waals surface area (Å²) in [5, 5.41) is 0. The Labute approximate surface area is 96.0 Å². The van der Waals surface area contributed by atoms with E-state index in [2.05, 4.69) is 22.6 Å². The Morgan fingerprint density at radius 2 is 2.07 bits per heavy atom. The van der Waals surface area contributed by atoms with E-state index in [1.165, 1.54) is 0 Å². The van der Waals surface area contributed by atoms with Crippen molar-refractivity contribution in [1.82, 2.24) is 0 Å². The normalized spacial score (nSPS) is 10.1. The summed E-state index contributed by atoms with van der Waals surface area (Å²) in [6.07, 6.45) is 3.34. The smallest absolute Gasteiger partial charge is 0.133 e. The monoisotopic (exact) mass is 300 g/mol. The van der Waals surface area contributed by atoms with Crippen LogP contribution < -0.4 is 4.74 Å². The topological polar surface area (TPSA) is 22.4 Å². The van der Waals surface area contributed by atoms with Crippen LogP contribution in [0, 0.1) is 3.57 Å². The van der Waals surface area contributed by atoms with E-state index >= 15 is 0 Å². The molecule has 0 aliphatic heterocycles. The van der Waals surface area contributed by atoms with E-state index in [-0.39, 0.29) is 0 Å². The third kappa shape index (κ3) is 2.29. The highest BCUT2D eigenvalue weighted by molar-refractivity contribution is 14.1. The second kappa shape index (κ2) is 4.50. The van der Waals surface area contributed by atoms with E-state index in [9.17, 15) is 0 Å². The van der Waals surface area contributed by atoms with E-state index in [1.54, 1.807) is 12.5 Å². The van der Waals surface area contributed by atoms with Crippen molar-refractivity contribution in [3.63, 3.8) is 0 Å². The van der Waals surface area contributed by atoms with Crippen molar-refractivity contribution < 1.29 is 9.15 Å². The molecule has 1 aromatic carbocycles. The minimum atomic E-state index is 0.552. The molecule has 0 N–H and O–H groups in total. The summed E-state index contributed by atoms with van der Waals surface area (Å²) in [7, 11) is 0. The molecule has 72 valence electrons. The number of hydrogen-bond donors (Lipinski definition) is 0. The van der Waals surface area contributed by atoms with Gasteiger partial charge in [0.05, 0.1) is 16.1 Å². The fraction of sp³-hybridized carbons (Fsp3) is 0.0909. The zero-order chi connectivity index (χ0) is 9.80. The molecule has 1 aromatic heterocycles. The summed E-state index contributed by atoms with van der Waals surface area (Å²) in [4.78, 5) is 0. The largest absolute Gasteiger partial charge is 0.488 e. The quantitative estimate of drug-likeness (QED) is 0.810. The SMILES string of the molecule is Ic1ccccc1OCc1ccoc1. The summed E-state index contributed by atoms with van der Waals surface area (Å²) in [5.74, 6) is 0.911. The predicted molar refractivity (Wildman–Crippen MR) is 62.2 cm³/mol. The standard InChI is InChI=1S/C11H9IO2/c12-10-3-1-2-4-11(10)14-8-9-5-6-13-7-9/h1-7H,8H2. The third-order valence-corrected chi connectivity index (χ3v) is 2.70. The van der Waals surface area contributed by atoms with Crippen molar-refractivity contribution in [2.24, 2.45) is 0 Å². The molecule has 0 saturated carbocycles. The minimum absolute atomic E-state index is 0.552. The summed E-state index contributed by atoms with van der Waals surface area (Å²) in [6, 6.07) is 9.84. The molecule has 2 nitrogen and oxygen atoms in total.